The largest absolute Gasteiger partial charge is 0.496 e. The Labute approximate surface area is 104 Å². The van der Waals surface area contributed by atoms with Crippen LogP contribution in [-0.2, 0) is 0 Å². The Morgan fingerprint density at radius 3 is 2.67 bits per heavy atom. The molecule has 0 atom stereocenters. The second kappa shape index (κ2) is 4.96. The molecule has 0 aliphatic heterocycles. The lowest BCUT2D eigenvalue weighted by molar-refractivity contribution is 0.112. The number of rotatable bonds is 3. The first-order chi connectivity index (χ1) is 8.65. The minimum Gasteiger partial charge on any atom is -0.496 e. The predicted molar refractivity (Wildman–Crippen MR) is 66.3 cm³/mol. The molecule has 0 amide bonds. The number of aldehydes is 1. The maximum Gasteiger partial charge on any atom is 0.153 e. The number of pyridine rings is 1. The van der Waals surface area contributed by atoms with Crippen molar-refractivity contribution < 1.29 is 13.9 Å². The van der Waals surface area contributed by atoms with Crippen LogP contribution in [0.4, 0.5) is 4.39 Å². The lowest BCUT2D eigenvalue weighted by Crippen LogP contribution is -1.95. The van der Waals surface area contributed by atoms with Crippen molar-refractivity contribution in [2.24, 2.45) is 0 Å². The average Bonchev–Trinajstić information content (AvgIpc) is 2.38. The summed E-state index contributed by atoms with van der Waals surface area (Å²) in [5, 5.41) is 0. The number of methoxy groups -OCH3 is 1. The molecule has 0 N–H and O–H groups in total. The summed E-state index contributed by atoms with van der Waals surface area (Å²) < 4.78 is 18.9. The zero-order chi connectivity index (χ0) is 13.1. The smallest absolute Gasteiger partial charge is 0.153 e. The molecule has 0 radical (unpaired) electrons. The van der Waals surface area contributed by atoms with Gasteiger partial charge in [0.1, 0.15) is 11.6 Å². The van der Waals surface area contributed by atoms with Gasteiger partial charge in [0.2, 0.25) is 0 Å². The van der Waals surface area contributed by atoms with E-state index in [1.165, 1.54) is 19.2 Å². The van der Waals surface area contributed by atoms with E-state index in [1.54, 1.807) is 12.4 Å². The molecule has 1 heterocycles. The Balaban J connectivity index is 2.61. The van der Waals surface area contributed by atoms with Crippen molar-refractivity contribution in [3.63, 3.8) is 0 Å². The highest BCUT2D eigenvalue weighted by atomic mass is 19.1. The molecule has 1 aromatic carbocycles. The van der Waals surface area contributed by atoms with E-state index < -0.39 is 5.82 Å². The molecular weight excluding hydrogens is 233 g/mol. The summed E-state index contributed by atoms with van der Waals surface area (Å²) in [7, 11) is 1.40. The number of hydrogen-bond acceptors (Lipinski definition) is 3. The first-order valence-electron chi connectivity index (χ1n) is 5.40. The third-order valence-corrected chi connectivity index (χ3v) is 2.63. The van der Waals surface area contributed by atoms with Crippen molar-refractivity contribution in [2.75, 3.05) is 7.11 Å². The highest BCUT2D eigenvalue weighted by Crippen LogP contribution is 2.29. The third-order valence-electron chi connectivity index (χ3n) is 2.63. The Bertz CT molecular complexity index is 596. The number of carbonyl (C=O) groups excluding carboxylic acids is 1. The fraction of sp³-hybridized carbons (Fsp3) is 0.143. The van der Waals surface area contributed by atoms with Crippen LogP contribution < -0.4 is 4.74 Å². The molecule has 1 aromatic heterocycles. The molecule has 18 heavy (non-hydrogen) atoms. The van der Waals surface area contributed by atoms with Crippen LogP contribution in [0.25, 0.3) is 11.1 Å². The van der Waals surface area contributed by atoms with E-state index in [4.69, 9.17) is 4.74 Å². The number of aryl methyl sites for hydroxylation is 1. The minimum atomic E-state index is -0.440. The van der Waals surface area contributed by atoms with Crippen LogP contribution in [0.15, 0.2) is 30.6 Å². The summed E-state index contributed by atoms with van der Waals surface area (Å²) in [6.45, 7) is 1.87. The first-order valence-corrected chi connectivity index (χ1v) is 5.40. The van der Waals surface area contributed by atoms with Crippen LogP contribution in [-0.4, -0.2) is 18.4 Å². The van der Waals surface area contributed by atoms with Crippen LogP contribution in [0.1, 0.15) is 15.9 Å². The molecule has 4 heteroatoms. The third kappa shape index (κ3) is 2.22. The zero-order valence-electron chi connectivity index (χ0n) is 10.1. The number of hydrogen-bond donors (Lipinski definition) is 0. The zero-order valence-corrected chi connectivity index (χ0v) is 10.1. The molecule has 3 nitrogen and oxygen atoms in total. The molecule has 0 bridgehead atoms. The maximum atomic E-state index is 13.9. The molecule has 0 unspecified atom stereocenters. The molecule has 2 rings (SSSR count). The van der Waals surface area contributed by atoms with E-state index >= 15 is 0 Å². The molecule has 92 valence electrons. The van der Waals surface area contributed by atoms with Gasteiger partial charge in [0.05, 0.1) is 12.7 Å². The monoisotopic (exact) mass is 245 g/mol. The highest BCUT2D eigenvalue weighted by molar-refractivity contribution is 5.83. The van der Waals surface area contributed by atoms with Crippen molar-refractivity contribution in [1.29, 1.82) is 0 Å². The Morgan fingerprint density at radius 1 is 1.28 bits per heavy atom. The van der Waals surface area contributed by atoms with Crippen molar-refractivity contribution in [3.8, 4) is 16.9 Å². The molecule has 0 aliphatic carbocycles. The van der Waals surface area contributed by atoms with Crippen LogP contribution >= 0.6 is 0 Å². The molecule has 0 spiro atoms. The fourth-order valence-corrected chi connectivity index (χ4v) is 1.76. The van der Waals surface area contributed by atoms with Gasteiger partial charge < -0.3 is 4.74 Å². The van der Waals surface area contributed by atoms with Crippen LogP contribution in [0.2, 0.25) is 0 Å². The van der Waals surface area contributed by atoms with Crippen LogP contribution in [0, 0.1) is 12.7 Å². The molecule has 2 aromatic rings. The summed E-state index contributed by atoms with van der Waals surface area (Å²) in [6, 6.07) is 4.49. The summed E-state index contributed by atoms with van der Waals surface area (Å²) >= 11 is 0. The number of aromatic nitrogens is 1. The van der Waals surface area contributed by atoms with E-state index in [-0.39, 0.29) is 5.75 Å². The first kappa shape index (κ1) is 12.2. The van der Waals surface area contributed by atoms with Gasteiger partial charge in [0, 0.05) is 29.6 Å². The minimum absolute atomic E-state index is 0.229. The van der Waals surface area contributed by atoms with Gasteiger partial charge in [0.15, 0.2) is 6.29 Å². The van der Waals surface area contributed by atoms with Crippen LogP contribution in [0.5, 0.6) is 5.75 Å². The molecule has 0 fully saturated rings. The molecule has 0 saturated carbocycles. The van der Waals surface area contributed by atoms with Gasteiger partial charge in [-0.1, -0.05) is 0 Å². The molecule has 0 saturated heterocycles. The SMILES string of the molecule is COc1cc(F)c(-c2cncc(C)c2)cc1C=O. The Hall–Kier alpha value is -2.23. The number of halogens is 1. The summed E-state index contributed by atoms with van der Waals surface area (Å²) in [5.41, 5.74) is 2.22. The van der Waals surface area contributed by atoms with Gasteiger partial charge in [-0.3, -0.25) is 9.78 Å². The summed E-state index contributed by atoms with van der Waals surface area (Å²) in [5.74, 6) is -0.211. The van der Waals surface area contributed by atoms with E-state index in [1.807, 2.05) is 13.0 Å². The second-order valence-corrected chi connectivity index (χ2v) is 3.94. The normalized spacial score (nSPS) is 10.2. The molecule has 0 aliphatic rings. The molecular formula is C14H12FNO2. The lowest BCUT2D eigenvalue weighted by Gasteiger charge is -2.08. The van der Waals surface area contributed by atoms with Crippen molar-refractivity contribution >= 4 is 6.29 Å². The van der Waals surface area contributed by atoms with Crippen molar-refractivity contribution in [3.05, 3.63) is 47.5 Å². The van der Waals surface area contributed by atoms with Gasteiger partial charge in [-0.2, -0.15) is 0 Å². The lowest BCUT2D eigenvalue weighted by atomic mass is 10.0. The fourth-order valence-electron chi connectivity index (χ4n) is 1.76. The quantitative estimate of drug-likeness (QED) is 0.780. The van der Waals surface area contributed by atoms with E-state index in [2.05, 4.69) is 4.98 Å². The van der Waals surface area contributed by atoms with Gasteiger partial charge in [0.25, 0.3) is 0 Å². The van der Waals surface area contributed by atoms with Gasteiger partial charge in [-0.05, 0) is 24.6 Å². The van der Waals surface area contributed by atoms with Gasteiger partial charge in [-0.25, -0.2) is 4.39 Å². The highest BCUT2D eigenvalue weighted by Gasteiger charge is 2.12. The number of ether oxygens (including phenoxy) is 1. The summed E-state index contributed by atoms with van der Waals surface area (Å²) in [4.78, 5) is 14.9. The number of benzene rings is 1. The Kier molecular flexibility index (Phi) is 3.37. The second-order valence-electron chi connectivity index (χ2n) is 3.94. The van der Waals surface area contributed by atoms with Crippen molar-refractivity contribution in [1.82, 2.24) is 4.98 Å². The Morgan fingerprint density at radius 2 is 2.06 bits per heavy atom. The van der Waals surface area contributed by atoms with E-state index in [9.17, 15) is 9.18 Å². The summed E-state index contributed by atoms with van der Waals surface area (Å²) in [6.07, 6.45) is 3.89. The van der Waals surface area contributed by atoms with Crippen LogP contribution in [0.3, 0.4) is 0 Å². The van der Waals surface area contributed by atoms with Crippen molar-refractivity contribution in [2.45, 2.75) is 6.92 Å². The maximum absolute atomic E-state index is 13.9. The predicted octanol–water partition coefficient (Wildman–Crippen LogP) is 3.02. The number of carbonyl (C=O) groups is 1. The van der Waals surface area contributed by atoms with Gasteiger partial charge >= 0.3 is 0 Å². The standard InChI is InChI=1S/C14H12FNO2/c1-9-3-10(7-16-6-9)12-4-11(8-17)14(18-2)5-13(12)15/h3-8H,1-2H3. The van der Waals surface area contributed by atoms with E-state index in [0.717, 1.165) is 5.56 Å². The topological polar surface area (TPSA) is 39.2 Å². The van der Waals surface area contributed by atoms with Gasteiger partial charge in [-0.15, -0.1) is 0 Å². The average molecular weight is 245 g/mol. The van der Waals surface area contributed by atoms with E-state index in [0.29, 0.717) is 23.0 Å². The number of nitrogens with zero attached hydrogens (tertiary/aromatic N) is 1.